The molecule has 182 valence electrons. The highest BCUT2D eigenvalue weighted by atomic mass is 35.5. The Kier molecular flexibility index (Phi) is 8.80. The van der Waals surface area contributed by atoms with Gasteiger partial charge >= 0.3 is 5.97 Å². The molecule has 0 aliphatic heterocycles. The largest absolute Gasteiger partial charge is 0.493 e. The number of nitro benzene ring substituents is 1. The van der Waals surface area contributed by atoms with E-state index in [4.69, 9.17) is 16.3 Å². The summed E-state index contributed by atoms with van der Waals surface area (Å²) in [6, 6.07) is 15.9. The molecule has 0 aromatic heterocycles. The molecule has 0 aliphatic carbocycles. The summed E-state index contributed by atoms with van der Waals surface area (Å²) < 4.78 is 5.72. The maximum atomic E-state index is 12.7. The van der Waals surface area contributed by atoms with Crippen LogP contribution >= 0.6 is 11.6 Å². The summed E-state index contributed by atoms with van der Waals surface area (Å²) in [4.78, 5) is 34.6. The van der Waals surface area contributed by atoms with Crippen LogP contribution in [-0.4, -0.2) is 35.1 Å². The molecule has 0 heterocycles. The van der Waals surface area contributed by atoms with Crippen LogP contribution < -0.4 is 10.1 Å². The first-order chi connectivity index (χ1) is 16.8. The van der Waals surface area contributed by atoms with E-state index in [1.807, 2.05) is 12.1 Å². The number of unbranched alkanes of at least 4 members (excludes halogenated alkanes) is 1. The maximum Gasteiger partial charge on any atom is 0.335 e. The highest BCUT2D eigenvalue weighted by Gasteiger charge is 2.15. The van der Waals surface area contributed by atoms with Crippen LogP contribution in [0.2, 0.25) is 5.02 Å². The number of aromatic carboxylic acids is 1. The lowest BCUT2D eigenvalue weighted by Crippen LogP contribution is -2.26. The molecule has 0 bridgehead atoms. The summed E-state index contributed by atoms with van der Waals surface area (Å²) >= 11 is 6.07. The second kappa shape index (κ2) is 12.0. The number of hydrogen-bond donors (Lipinski definition) is 2. The molecule has 0 atom stereocenters. The van der Waals surface area contributed by atoms with E-state index in [0.29, 0.717) is 47.0 Å². The second-order valence-corrected chi connectivity index (χ2v) is 8.31. The lowest BCUT2D eigenvalue weighted by atomic mass is 10.00. The molecule has 0 unspecified atom stereocenters. The number of nitrogens with zero attached hydrogens (tertiary/aromatic N) is 1. The molecule has 1 amide bonds. The highest BCUT2D eigenvalue weighted by Crippen LogP contribution is 2.27. The summed E-state index contributed by atoms with van der Waals surface area (Å²) in [5.41, 5.74) is 1.96. The fourth-order valence-corrected chi connectivity index (χ4v) is 3.59. The van der Waals surface area contributed by atoms with Crippen LogP contribution in [0.25, 0.3) is 11.1 Å². The third-order valence-corrected chi connectivity index (χ3v) is 5.54. The molecule has 0 fully saturated rings. The molecule has 0 radical (unpaired) electrons. The number of amides is 1. The number of ether oxygens (including phenoxy) is 1. The van der Waals surface area contributed by atoms with Crippen molar-refractivity contribution in [2.24, 2.45) is 0 Å². The molecule has 2 N–H and O–H groups in total. The van der Waals surface area contributed by atoms with Gasteiger partial charge in [0.15, 0.2) is 0 Å². The van der Waals surface area contributed by atoms with Crippen molar-refractivity contribution in [1.82, 2.24) is 5.32 Å². The molecule has 3 aromatic carbocycles. The molecular formula is C26H25ClN2O6. The van der Waals surface area contributed by atoms with E-state index in [-0.39, 0.29) is 17.2 Å². The van der Waals surface area contributed by atoms with Crippen molar-refractivity contribution in [3.8, 4) is 16.9 Å². The number of carboxylic acid groups (broad SMARTS) is 1. The smallest absolute Gasteiger partial charge is 0.335 e. The van der Waals surface area contributed by atoms with Gasteiger partial charge in [0.05, 0.1) is 22.7 Å². The highest BCUT2D eigenvalue weighted by molar-refractivity contribution is 6.31. The third-order valence-electron chi connectivity index (χ3n) is 5.30. The standard InChI is InChI=1S/C26H25ClN2O6/c1-2-3-12-35-24-9-8-21(27)16-23(24)25(30)28-11-10-17-4-6-18(7-5-17)19-13-20(26(31)32)15-22(14-19)29(33)34/h4-9,13-16H,2-3,10-12H2,1H3,(H,28,30)(H,31,32). The first kappa shape index (κ1) is 25.7. The minimum absolute atomic E-state index is 0.153. The van der Waals surface area contributed by atoms with E-state index >= 15 is 0 Å². The van der Waals surface area contributed by atoms with Gasteiger partial charge in [0, 0.05) is 23.7 Å². The average molecular weight is 497 g/mol. The van der Waals surface area contributed by atoms with Crippen molar-refractivity contribution in [2.75, 3.05) is 13.2 Å². The normalized spacial score (nSPS) is 10.6. The van der Waals surface area contributed by atoms with Crippen molar-refractivity contribution in [1.29, 1.82) is 0 Å². The predicted octanol–water partition coefficient (Wildman–Crippen LogP) is 5.76. The van der Waals surface area contributed by atoms with Gasteiger partial charge in [-0.25, -0.2) is 4.79 Å². The Morgan fingerprint density at radius 1 is 1.06 bits per heavy atom. The van der Waals surface area contributed by atoms with Gasteiger partial charge in [0.25, 0.3) is 11.6 Å². The van der Waals surface area contributed by atoms with Gasteiger partial charge in [-0.2, -0.15) is 0 Å². The van der Waals surface area contributed by atoms with E-state index in [1.165, 1.54) is 12.1 Å². The van der Waals surface area contributed by atoms with Crippen LogP contribution in [-0.2, 0) is 6.42 Å². The Balaban J connectivity index is 1.65. The fraction of sp³-hybridized carbons (Fsp3) is 0.231. The molecule has 3 aromatic rings. The monoisotopic (exact) mass is 496 g/mol. The van der Waals surface area contributed by atoms with Gasteiger partial charge in [-0.05, 0) is 53.8 Å². The van der Waals surface area contributed by atoms with Crippen molar-refractivity contribution < 1.29 is 24.4 Å². The minimum atomic E-state index is -1.24. The lowest BCUT2D eigenvalue weighted by Gasteiger charge is -2.12. The molecule has 0 aliphatic rings. The minimum Gasteiger partial charge on any atom is -0.493 e. The molecule has 0 spiro atoms. The SMILES string of the molecule is CCCCOc1ccc(Cl)cc1C(=O)NCCc1ccc(-c2cc(C(=O)O)cc([N+](=O)[O-])c2)cc1. The number of rotatable bonds is 11. The second-order valence-electron chi connectivity index (χ2n) is 7.88. The van der Waals surface area contributed by atoms with Crippen LogP contribution in [0.15, 0.2) is 60.7 Å². The van der Waals surface area contributed by atoms with Crippen molar-refractivity contribution in [3.63, 3.8) is 0 Å². The number of carboxylic acids is 1. The summed E-state index contributed by atoms with van der Waals surface area (Å²) in [5.74, 6) is -1.03. The van der Waals surface area contributed by atoms with Gasteiger partial charge in [0.2, 0.25) is 0 Å². The zero-order chi connectivity index (χ0) is 25.4. The van der Waals surface area contributed by atoms with Gasteiger partial charge < -0.3 is 15.2 Å². The number of carbonyl (C=O) groups excluding carboxylic acids is 1. The summed E-state index contributed by atoms with van der Waals surface area (Å²) in [7, 11) is 0. The molecular weight excluding hydrogens is 472 g/mol. The maximum absolute atomic E-state index is 12.7. The molecule has 35 heavy (non-hydrogen) atoms. The van der Waals surface area contributed by atoms with Crippen LogP contribution in [0.4, 0.5) is 5.69 Å². The summed E-state index contributed by atoms with van der Waals surface area (Å²) in [6.07, 6.45) is 2.41. The number of carbonyl (C=O) groups is 2. The number of hydrogen-bond acceptors (Lipinski definition) is 5. The topological polar surface area (TPSA) is 119 Å². The van der Waals surface area contributed by atoms with E-state index < -0.39 is 10.9 Å². The number of nitrogens with one attached hydrogen (secondary N) is 1. The Hall–Kier alpha value is -3.91. The predicted molar refractivity (Wildman–Crippen MR) is 133 cm³/mol. The molecule has 9 heteroatoms. The van der Waals surface area contributed by atoms with Crippen LogP contribution in [0.5, 0.6) is 5.75 Å². The van der Waals surface area contributed by atoms with E-state index in [0.717, 1.165) is 24.5 Å². The summed E-state index contributed by atoms with van der Waals surface area (Å²) in [6.45, 7) is 2.95. The van der Waals surface area contributed by atoms with Crippen LogP contribution in [0.3, 0.4) is 0 Å². The Bertz CT molecular complexity index is 1190. The number of nitro groups is 1. The van der Waals surface area contributed by atoms with E-state index in [1.54, 1.807) is 30.3 Å². The van der Waals surface area contributed by atoms with Crippen LogP contribution in [0.1, 0.15) is 46.0 Å². The fourth-order valence-electron chi connectivity index (χ4n) is 3.42. The summed E-state index contributed by atoms with van der Waals surface area (Å²) in [5, 5.41) is 23.7. The van der Waals surface area contributed by atoms with Gasteiger partial charge in [-0.15, -0.1) is 0 Å². The first-order valence-electron chi connectivity index (χ1n) is 11.1. The molecule has 0 saturated carbocycles. The van der Waals surface area contributed by atoms with Crippen molar-refractivity contribution in [2.45, 2.75) is 26.2 Å². The Labute approximate surface area is 207 Å². The zero-order valence-electron chi connectivity index (χ0n) is 19.1. The quantitative estimate of drug-likeness (QED) is 0.198. The average Bonchev–Trinajstić information content (AvgIpc) is 2.85. The van der Waals surface area contributed by atoms with Crippen molar-refractivity contribution >= 4 is 29.2 Å². The zero-order valence-corrected chi connectivity index (χ0v) is 19.9. The van der Waals surface area contributed by atoms with Crippen molar-refractivity contribution in [3.05, 3.63) is 92.5 Å². The van der Waals surface area contributed by atoms with Gasteiger partial charge in [0.1, 0.15) is 5.75 Å². The molecule has 3 rings (SSSR count). The van der Waals surface area contributed by atoms with E-state index in [2.05, 4.69) is 12.2 Å². The Morgan fingerprint density at radius 3 is 2.46 bits per heavy atom. The Morgan fingerprint density at radius 2 is 1.80 bits per heavy atom. The first-order valence-corrected chi connectivity index (χ1v) is 11.5. The van der Waals surface area contributed by atoms with Gasteiger partial charge in [-0.3, -0.25) is 14.9 Å². The van der Waals surface area contributed by atoms with Crippen LogP contribution in [0, 0.1) is 10.1 Å². The number of non-ortho nitro benzene ring substituents is 1. The van der Waals surface area contributed by atoms with Gasteiger partial charge in [-0.1, -0.05) is 49.2 Å². The lowest BCUT2D eigenvalue weighted by molar-refractivity contribution is -0.384. The molecule has 0 saturated heterocycles. The third kappa shape index (κ3) is 7.04. The number of halogens is 1. The van der Waals surface area contributed by atoms with E-state index in [9.17, 15) is 24.8 Å². The molecule has 8 nitrogen and oxygen atoms in total. The number of benzene rings is 3.